The number of nitrogens with one attached hydrogen (secondary N) is 1. The second-order valence-electron chi connectivity index (χ2n) is 6.10. The van der Waals surface area contributed by atoms with Gasteiger partial charge in [-0.25, -0.2) is 4.98 Å². The predicted molar refractivity (Wildman–Crippen MR) is 57.3 cm³/mol. The van der Waals surface area contributed by atoms with Crippen LogP contribution in [0.1, 0.15) is 44.2 Å². The van der Waals surface area contributed by atoms with Crippen LogP contribution in [-0.2, 0) is 5.41 Å². The molecule has 0 unspecified atom stereocenters. The molecule has 79 valence electrons. The summed E-state index contributed by atoms with van der Waals surface area (Å²) in [7, 11) is 0. The van der Waals surface area contributed by atoms with Crippen molar-refractivity contribution in [1.29, 1.82) is 0 Å². The van der Waals surface area contributed by atoms with Crippen molar-refractivity contribution in [2.45, 2.75) is 43.9 Å². The molecule has 1 N–H and O–H groups in total. The Labute approximate surface area is 90.5 Å². The molecule has 2 heteroatoms. The molecule has 4 bridgehead atoms. The highest BCUT2D eigenvalue weighted by Gasteiger charge is 2.52. The van der Waals surface area contributed by atoms with E-state index in [0.29, 0.717) is 5.41 Å². The molecule has 4 aliphatic carbocycles. The Morgan fingerprint density at radius 1 is 1.13 bits per heavy atom. The van der Waals surface area contributed by atoms with Crippen molar-refractivity contribution in [3.05, 3.63) is 18.2 Å². The fourth-order valence-electron chi connectivity index (χ4n) is 4.92. The van der Waals surface area contributed by atoms with E-state index in [1.165, 1.54) is 44.2 Å². The Bertz CT molecular complexity index is 331. The van der Waals surface area contributed by atoms with Gasteiger partial charge in [0.1, 0.15) is 0 Å². The SMILES string of the molecule is [c]1nc(C23CC4CC(CC(C4)C2)C3)c[nH]1. The molecular formula is C13H17N2. The predicted octanol–water partition coefficient (Wildman–Crippen LogP) is 2.68. The Morgan fingerprint density at radius 2 is 1.73 bits per heavy atom. The van der Waals surface area contributed by atoms with E-state index in [4.69, 9.17) is 0 Å². The van der Waals surface area contributed by atoms with Gasteiger partial charge in [-0.15, -0.1) is 0 Å². The summed E-state index contributed by atoms with van der Waals surface area (Å²) in [5.74, 6) is 3.02. The van der Waals surface area contributed by atoms with Crippen LogP contribution in [0.3, 0.4) is 0 Å². The third-order valence-corrected chi connectivity index (χ3v) is 5.03. The van der Waals surface area contributed by atoms with Gasteiger partial charge in [0.2, 0.25) is 0 Å². The third kappa shape index (κ3) is 1.08. The summed E-state index contributed by atoms with van der Waals surface area (Å²) in [5, 5.41) is 0. The lowest BCUT2D eigenvalue weighted by Crippen LogP contribution is -2.48. The number of rotatable bonds is 1. The fourth-order valence-corrected chi connectivity index (χ4v) is 4.92. The largest absolute Gasteiger partial charge is 0.342 e. The molecule has 1 heterocycles. The Hall–Kier alpha value is -0.790. The first-order valence-electron chi connectivity index (χ1n) is 6.26. The Balaban J connectivity index is 1.77. The topological polar surface area (TPSA) is 28.7 Å². The summed E-state index contributed by atoms with van der Waals surface area (Å²) < 4.78 is 0. The average molecular weight is 201 g/mol. The van der Waals surface area contributed by atoms with Crippen LogP contribution in [0.15, 0.2) is 6.20 Å². The molecule has 4 aliphatic rings. The Kier molecular flexibility index (Phi) is 1.48. The van der Waals surface area contributed by atoms with E-state index in [0.717, 1.165) is 17.8 Å². The van der Waals surface area contributed by atoms with Gasteiger partial charge in [0, 0.05) is 11.6 Å². The van der Waals surface area contributed by atoms with Crippen LogP contribution >= 0.6 is 0 Å². The lowest BCUT2D eigenvalue weighted by Gasteiger charge is -2.56. The molecule has 1 radical (unpaired) electrons. The van der Waals surface area contributed by atoms with Gasteiger partial charge in [0.05, 0.1) is 5.69 Å². The minimum atomic E-state index is 0.450. The maximum Gasteiger partial charge on any atom is 0.173 e. The normalized spacial score (nSPS) is 47.3. The van der Waals surface area contributed by atoms with Crippen LogP contribution < -0.4 is 0 Å². The number of imidazole rings is 1. The average Bonchev–Trinajstić information content (AvgIpc) is 2.67. The minimum absolute atomic E-state index is 0.450. The first-order chi connectivity index (χ1) is 7.34. The van der Waals surface area contributed by atoms with Crippen molar-refractivity contribution in [2.75, 3.05) is 0 Å². The highest BCUT2D eigenvalue weighted by molar-refractivity contribution is 5.20. The summed E-state index contributed by atoms with van der Waals surface area (Å²) >= 11 is 0. The number of aromatic amines is 1. The van der Waals surface area contributed by atoms with Crippen molar-refractivity contribution < 1.29 is 0 Å². The number of aromatic nitrogens is 2. The van der Waals surface area contributed by atoms with Crippen LogP contribution in [0.4, 0.5) is 0 Å². The van der Waals surface area contributed by atoms with Crippen molar-refractivity contribution in [3.63, 3.8) is 0 Å². The number of hydrogen-bond donors (Lipinski definition) is 1. The van der Waals surface area contributed by atoms with Gasteiger partial charge in [0.15, 0.2) is 6.33 Å². The zero-order chi connectivity index (χ0) is 9.88. The summed E-state index contributed by atoms with van der Waals surface area (Å²) in [5.41, 5.74) is 1.76. The maximum atomic E-state index is 4.43. The van der Waals surface area contributed by atoms with E-state index in [1.807, 2.05) is 0 Å². The molecule has 15 heavy (non-hydrogen) atoms. The maximum absolute atomic E-state index is 4.43. The van der Waals surface area contributed by atoms with Gasteiger partial charge < -0.3 is 4.98 Å². The second-order valence-corrected chi connectivity index (χ2v) is 6.10. The Morgan fingerprint density at radius 3 is 2.20 bits per heavy atom. The van der Waals surface area contributed by atoms with Gasteiger partial charge in [-0.05, 0) is 56.3 Å². The van der Waals surface area contributed by atoms with E-state index >= 15 is 0 Å². The molecule has 0 saturated heterocycles. The zero-order valence-corrected chi connectivity index (χ0v) is 9.00. The summed E-state index contributed by atoms with van der Waals surface area (Å²) in [6.45, 7) is 0. The van der Waals surface area contributed by atoms with Crippen LogP contribution in [0.5, 0.6) is 0 Å². The highest BCUT2D eigenvalue weighted by atomic mass is 14.9. The van der Waals surface area contributed by atoms with Crippen LogP contribution in [0.25, 0.3) is 0 Å². The summed E-state index contributed by atoms with van der Waals surface area (Å²) in [6, 6.07) is 0. The van der Waals surface area contributed by atoms with Crippen LogP contribution in [0.2, 0.25) is 0 Å². The first kappa shape index (κ1) is 8.37. The lowest BCUT2D eigenvalue weighted by atomic mass is 9.49. The van der Waals surface area contributed by atoms with Gasteiger partial charge in [0.25, 0.3) is 0 Å². The van der Waals surface area contributed by atoms with E-state index in [1.54, 1.807) is 0 Å². The molecular weight excluding hydrogens is 184 g/mol. The summed E-state index contributed by atoms with van der Waals surface area (Å²) in [4.78, 5) is 7.44. The second kappa shape index (κ2) is 2.66. The smallest absolute Gasteiger partial charge is 0.173 e. The van der Waals surface area contributed by atoms with Gasteiger partial charge in [-0.3, -0.25) is 0 Å². The highest BCUT2D eigenvalue weighted by Crippen LogP contribution is 2.60. The van der Waals surface area contributed by atoms with E-state index in [2.05, 4.69) is 22.5 Å². The van der Waals surface area contributed by atoms with E-state index < -0.39 is 0 Å². The monoisotopic (exact) mass is 201 g/mol. The van der Waals surface area contributed by atoms with Crippen molar-refractivity contribution in [2.24, 2.45) is 17.8 Å². The molecule has 0 aromatic carbocycles. The molecule has 4 fully saturated rings. The molecule has 0 spiro atoms. The first-order valence-corrected chi connectivity index (χ1v) is 6.26. The van der Waals surface area contributed by atoms with Crippen molar-refractivity contribution in [1.82, 2.24) is 9.97 Å². The number of nitrogens with zero attached hydrogens (tertiary/aromatic N) is 1. The van der Waals surface area contributed by atoms with E-state index in [-0.39, 0.29) is 0 Å². The van der Waals surface area contributed by atoms with Gasteiger partial charge in [-0.1, -0.05) is 0 Å². The van der Waals surface area contributed by atoms with Crippen molar-refractivity contribution >= 4 is 0 Å². The fraction of sp³-hybridized carbons (Fsp3) is 0.769. The lowest BCUT2D eigenvalue weighted by molar-refractivity contribution is -0.00702. The van der Waals surface area contributed by atoms with Crippen molar-refractivity contribution in [3.8, 4) is 0 Å². The van der Waals surface area contributed by atoms with E-state index in [9.17, 15) is 0 Å². The molecule has 4 saturated carbocycles. The zero-order valence-electron chi connectivity index (χ0n) is 9.00. The standard InChI is InChI=1S/C13H17N2/c1-9-2-11-3-10(1)5-13(4-9,6-11)12-7-14-8-15-12/h7,9-11H,1-6H2,(H,14,15). The van der Waals surface area contributed by atoms with Crippen LogP contribution in [0, 0.1) is 24.1 Å². The molecule has 1 aromatic rings. The third-order valence-electron chi connectivity index (χ3n) is 5.03. The molecule has 1 aromatic heterocycles. The molecule has 2 nitrogen and oxygen atoms in total. The van der Waals surface area contributed by atoms with Gasteiger partial charge in [-0.2, -0.15) is 0 Å². The molecule has 0 atom stereocenters. The minimum Gasteiger partial charge on any atom is -0.342 e. The van der Waals surface area contributed by atoms with Gasteiger partial charge >= 0.3 is 0 Å². The molecule has 0 amide bonds. The molecule has 0 aliphatic heterocycles. The summed E-state index contributed by atoms with van der Waals surface area (Å²) in [6.07, 6.45) is 13.7. The number of hydrogen-bond acceptors (Lipinski definition) is 1. The molecule has 5 rings (SSSR count). The number of H-pyrrole nitrogens is 1. The quantitative estimate of drug-likeness (QED) is 0.743. The van der Waals surface area contributed by atoms with Crippen LogP contribution in [-0.4, -0.2) is 9.97 Å².